The quantitative estimate of drug-likeness (QED) is 0.566. The lowest BCUT2D eigenvalue weighted by Gasteiger charge is -2.21. The van der Waals surface area contributed by atoms with Crippen LogP contribution in [-0.4, -0.2) is 29.8 Å². The summed E-state index contributed by atoms with van der Waals surface area (Å²) in [6.45, 7) is 5.58. The first kappa shape index (κ1) is 14.9. The van der Waals surface area contributed by atoms with Crippen LogP contribution in [0.2, 0.25) is 0 Å². The van der Waals surface area contributed by atoms with E-state index < -0.39 is 5.91 Å². The Hall–Kier alpha value is -1.06. The average Bonchev–Trinajstić information content (AvgIpc) is 2.22. The molecule has 0 aromatic carbocycles. The maximum Gasteiger partial charge on any atom is 0.238 e. The van der Waals surface area contributed by atoms with E-state index in [1.807, 2.05) is 11.8 Å². The Kier molecular flexibility index (Phi) is 8.58. The van der Waals surface area contributed by atoms with Gasteiger partial charge in [-0.05, 0) is 25.7 Å². The second kappa shape index (κ2) is 9.19. The summed E-state index contributed by atoms with van der Waals surface area (Å²) in [5.74, 6) is -0.302. The number of nitrogens with one attached hydrogen (secondary N) is 1. The summed E-state index contributed by atoms with van der Waals surface area (Å²) in [5.41, 5.74) is 6.78. The molecule has 0 aromatic heterocycles. The minimum absolute atomic E-state index is 0.210. The number of hydrogen-bond acceptors (Lipinski definition) is 2. The maximum absolute atomic E-state index is 11.7. The molecule has 2 amide bonds. The normalized spacial score (nSPS) is 10.1. The Balaban J connectivity index is 3.84. The van der Waals surface area contributed by atoms with Crippen molar-refractivity contribution in [2.45, 2.75) is 52.4 Å². The molecule has 0 rings (SSSR count). The molecular formula is C12H23N2O2. The highest BCUT2D eigenvalue weighted by atomic mass is 16.2. The number of unbranched alkanes of at least 4 members (excludes halogenated alkanes) is 1. The number of hydrogen-bond donors (Lipinski definition) is 0. The average molecular weight is 227 g/mol. The fourth-order valence-corrected chi connectivity index (χ4v) is 1.59. The summed E-state index contributed by atoms with van der Waals surface area (Å²) in [4.78, 5) is 24.0. The Morgan fingerprint density at radius 3 is 2.19 bits per heavy atom. The maximum atomic E-state index is 11.7. The zero-order chi connectivity index (χ0) is 12.4. The van der Waals surface area contributed by atoms with Crippen LogP contribution in [0.15, 0.2) is 0 Å². The molecule has 0 saturated heterocycles. The molecule has 0 saturated carbocycles. The van der Waals surface area contributed by atoms with Crippen LogP contribution in [0, 0.1) is 0 Å². The third-order valence-electron chi connectivity index (χ3n) is 2.39. The van der Waals surface area contributed by atoms with E-state index in [-0.39, 0.29) is 5.91 Å². The van der Waals surface area contributed by atoms with Crippen LogP contribution >= 0.6 is 0 Å². The van der Waals surface area contributed by atoms with Crippen molar-refractivity contribution in [1.29, 1.82) is 0 Å². The number of carbonyl (C=O) groups is 2. The molecule has 0 heterocycles. The van der Waals surface area contributed by atoms with Gasteiger partial charge in [-0.15, -0.1) is 0 Å². The predicted molar refractivity (Wildman–Crippen MR) is 63.7 cm³/mol. The van der Waals surface area contributed by atoms with Crippen LogP contribution in [0.3, 0.4) is 0 Å². The van der Waals surface area contributed by atoms with Crippen molar-refractivity contribution in [3.8, 4) is 0 Å². The van der Waals surface area contributed by atoms with Crippen molar-refractivity contribution < 1.29 is 9.59 Å². The largest absolute Gasteiger partial charge is 0.343 e. The minimum atomic E-state index is -0.512. The molecule has 4 heteroatoms. The van der Waals surface area contributed by atoms with E-state index in [1.165, 1.54) is 0 Å². The van der Waals surface area contributed by atoms with Gasteiger partial charge in [0.15, 0.2) is 0 Å². The zero-order valence-corrected chi connectivity index (χ0v) is 10.4. The molecule has 0 spiro atoms. The summed E-state index contributed by atoms with van der Waals surface area (Å²) in [6, 6.07) is 0. The van der Waals surface area contributed by atoms with E-state index >= 15 is 0 Å². The van der Waals surface area contributed by atoms with Crippen molar-refractivity contribution in [2.75, 3.05) is 13.1 Å². The van der Waals surface area contributed by atoms with Crippen molar-refractivity contribution in [2.24, 2.45) is 0 Å². The Morgan fingerprint density at radius 2 is 1.69 bits per heavy atom. The fraction of sp³-hybridized carbons (Fsp3) is 0.833. The molecule has 0 fully saturated rings. The standard InChI is InChI=1S/C12H23N2O2/c1-3-7-12(16)14(9-4-2)10-6-5-8-11(13)15/h13H,3-10H2,1-2H3. The molecule has 16 heavy (non-hydrogen) atoms. The van der Waals surface area contributed by atoms with Crippen LogP contribution < -0.4 is 5.73 Å². The van der Waals surface area contributed by atoms with Gasteiger partial charge in [-0.2, -0.15) is 0 Å². The zero-order valence-electron chi connectivity index (χ0n) is 10.4. The fourth-order valence-electron chi connectivity index (χ4n) is 1.59. The second-order valence-electron chi connectivity index (χ2n) is 4.01. The number of nitrogens with zero attached hydrogens (tertiary/aromatic N) is 1. The molecule has 0 unspecified atom stereocenters. The summed E-state index contributed by atoms with van der Waals surface area (Å²) in [6.07, 6.45) is 4.29. The first-order valence-corrected chi connectivity index (χ1v) is 6.14. The van der Waals surface area contributed by atoms with Gasteiger partial charge >= 0.3 is 0 Å². The van der Waals surface area contributed by atoms with Crippen molar-refractivity contribution in [1.82, 2.24) is 10.6 Å². The molecule has 0 aliphatic carbocycles. The summed E-state index contributed by atoms with van der Waals surface area (Å²) in [7, 11) is 0. The Bertz CT molecular complexity index is 217. The first-order valence-electron chi connectivity index (χ1n) is 6.14. The van der Waals surface area contributed by atoms with Gasteiger partial charge in [0.25, 0.3) is 0 Å². The van der Waals surface area contributed by atoms with Gasteiger partial charge in [0, 0.05) is 25.9 Å². The molecule has 1 radical (unpaired) electrons. The Labute approximate surface area is 98.2 Å². The van der Waals surface area contributed by atoms with Gasteiger partial charge in [-0.3, -0.25) is 15.3 Å². The van der Waals surface area contributed by atoms with Crippen LogP contribution in [0.4, 0.5) is 0 Å². The highest BCUT2D eigenvalue weighted by Crippen LogP contribution is 2.03. The first-order chi connectivity index (χ1) is 7.61. The summed E-state index contributed by atoms with van der Waals surface area (Å²) in [5, 5.41) is 0. The monoisotopic (exact) mass is 227 g/mol. The molecule has 4 nitrogen and oxygen atoms in total. The van der Waals surface area contributed by atoms with Crippen molar-refractivity contribution in [3.05, 3.63) is 0 Å². The predicted octanol–water partition coefficient (Wildman–Crippen LogP) is 2.00. The lowest BCUT2D eigenvalue weighted by atomic mass is 10.2. The lowest BCUT2D eigenvalue weighted by molar-refractivity contribution is -0.131. The summed E-state index contributed by atoms with van der Waals surface area (Å²) < 4.78 is 0. The van der Waals surface area contributed by atoms with E-state index in [2.05, 4.69) is 6.92 Å². The van der Waals surface area contributed by atoms with Gasteiger partial charge < -0.3 is 4.90 Å². The topological polar surface area (TPSA) is 61.2 Å². The molecule has 0 bridgehead atoms. The minimum Gasteiger partial charge on any atom is -0.343 e. The molecule has 0 aliphatic rings. The van der Waals surface area contributed by atoms with E-state index in [0.29, 0.717) is 19.3 Å². The molecule has 0 aliphatic heterocycles. The summed E-state index contributed by atoms with van der Waals surface area (Å²) >= 11 is 0. The molecule has 0 aromatic rings. The van der Waals surface area contributed by atoms with Crippen molar-refractivity contribution >= 4 is 11.8 Å². The van der Waals surface area contributed by atoms with Gasteiger partial charge in [-0.1, -0.05) is 13.8 Å². The van der Waals surface area contributed by atoms with Gasteiger partial charge in [0.05, 0.1) is 0 Å². The van der Waals surface area contributed by atoms with Gasteiger partial charge in [0.1, 0.15) is 0 Å². The van der Waals surface area contributed by atoms with Crippen molar-refractivity contribution in [3.63, 3.8) is 0 Å². The third-order valence-corrected chi connectivity index (χ3v) is 2.39. The van der Waals surface area contributed by atoms with Crippen LogP contribution in [-0.2, 0) is 9.59 Å². The van der Waals surface area contributed by atoms with Crippen LogP contribution in [0.25, 0.3) is 0 Å². The van der Waals surface area contributed by atoms with Gasteiger partial charge in [0.2, 0.25) is 11.8 Å². The number of rotatable bonds is 9. The SMILES string of the molecule is CCCC(=O)N(CCC)CCCCC([NH])=O. The molecule has 1 N–H and O–H groups in total. The van der Waals surface area contributed by atoms with E-state index in [1.54, 1.807) is 0 Å². The molecular weight excluding hydrogens is 204 g/mol. The second-order valence-corrected chi connectivity index (χ2v) is 4.01. The molecule has 0 atom stereocenters. The highest BCUT2D eigenvalue weighted by molar-refractivity contribution is 5.76. The van der Waals surface area contributed by atoms with E-state index in [4.69, 9.17) is 5.73 Å². The van der Waals surface area contributed by atoms with E-state index in [0.717, 1.165) is 32.4 Å². The third kappa shape index (κ3) is 7.26. The van der Waals surface area contributed by atoms with Crippen LogP contribution in [0.1, 0.15) is 52.4 Å². The smallest absolute Gasteiger partial charge is 0.238 e. The number of carbonyl (C=O) groups excluding carboxylic acids is 2. The highest BCUT2D eigenvalue weighted by Gasteiger charge is 2.10. The number of amides is 2. The van der Waals surface area contributed by atoms with Gasteiger partial charge in [-0.25, -0.2) is 0 Å². The van der Waals surface area contributed by atoms with Crippen LogP contribution in [0.5, 0.6) is 0 Å². The Morgan fingerprint density at radius 1 is 1.00 bits per heavy atom. The van der Waals surface area contributed by atoms with E-state index in [9.17, 15) is 9.59 Å². The lowest BCUT2D eigenvalue weighted by Crippen LogP contribution is -2.32. The molecule has 93 valence electrons.